The van der Waals surface area contributed by atoms with Gasteiger partial charge in [0.2, 0.25) is 0 Å². The number of hydrogen-bond acceptors (Lipinski definition) is 3. The summed E-state index contributed by atoms with van der Waals surface area (Å²) in [6, 6.07) is 0.616. The maximum Gasteiger partial charge on any atom is 0.0310 e. The summed E-state index contributed by atoms with van der Waals surface area (Å²) < 4.78 is 1.75. The van der Waals surface area contributed by atoms with Gasteiger partial charge in [-0.05, 0) is 12.8 Å². The molecule has 0 N–H and O–H groups in total. The zero-order valence-electron chi connectivity index (χ0n) is 5.45. The summed E-state index contributed by atoms with van der Waals surface area (Å²) in [6.45, 7) is 0. The van der Waals surface area contributed by atoms with E-state index in [0.717, 1.165) is 0 Å². The van der Waals surface area contributed by atoms with Gasteiger partial charge in [-0.15, -0.1) is 0 Å². The van der Waals surface area contributed by atoms with Crippen molar-refractivity contribution in [3.8, 4) is 0 Å². The van der Waals surface area contributed by atoms with Crippen molar-refractivity contribution in [1.29, 1.82) is 0 Å². The fourth-order valence-electron chi connectivity index (χ4n) is 1.31. The lowest BCUT2D eigenvalue weighted by Crippen LogP contribution is -2.21. The highest BCUT2D eigenvalue weighted by molar-refractivity contribution is 7.93. The first-order valence-electron chi connectivity index (χ1n) is 3.47. The number of thiol groups is 2. The SMILES string of the molecule is SN(S)C1CCCCC1. The van der Waals surface area contributed by atoms with Crippen molar-refractivity contribution < 1.29 is 0 Å². The molecule has 0 aromatic carbocycles. The lowest BCUT2D eigenvalue weighted by Gasteiger charge is -2.25. The zero-order valence-corrected chi connectivity index (χ0v) is 7.24. The minimum Gasteiger partial charge on any atom is -0.197 e. The number of rotatable bonds is 1. The normalized spacial score (nSPS) is 23.0. The van der Waals surface area contributed by atoms with Crippen LogP contribution >= 0.6 is 25.6 Å². The van der Waals surface area contributed by atoms with Gasteiger partial charge in [-0.25, -0.2) is 0 Å². The van der Waals surface area contributed by atoms with Crippen molar-refractivity contribution in [3.63, 3.8) is 0 Å². The fourth-order valence-corrected chi connectivity index (χ4v) is 1.77. The van der Waals surface area contributed by atoms with Gasteiger partial charge in [-0.3, -0.25) is 0 Å². The molecule has 9 heavy (non-hydrogen) atoms. The highest BCUT2D eigenvalue weighted by atomic mass is 32.2. The van der Waals surface area contributed by atoms with Gasteiger partial charge < -0.3 is 0 Å². The molecule has 0 heterocycles. The van der Waals surface area contributed by atoms with Crippen LogP contribution in [-0.2, 0) is 0 Å². The maximum atomic E-state index is 4.14. The van der Waals surface area contributed by atoms with E-state index >= 15 is 0 Å². The molecule has 1 saturated carbocycles. The Hall–Kier alpha value is 0.660. The molecule has 0 radical (unpaired) electrons. The van der Waals surface area contributed by atoms with Crippen LogP contribution in [0.3, 0.4) is 0 Å². The van der Waals surface area contributed by atoms with Gasteiger partial charge in [0, 0.05) is 6.04 Å². The molecular formula is C6H13NS2. The van der Waals surface area contributed by atoms with Crippen LogP contribution in [0.25, 0.3) is 0 Å². The third kappa shape index (κ3) is 2.40. The summed E-state index contributed by atoms with van der Waals surface area (Å²) in [4.78, 5) is 0. The predicted molar refractivity (Wildman–Crippen MR) is 46.7 cm³/mol. The lowest BCUT2D eigenvalue weighted by molar-refractivity contribution is 0.366. The molecule has 3 heteroatoms. The molecule has 0 saturated heterocycles. The molecule has 0 aliphatic heterocycles. The zero-order chi connectivity index (χ0) is 6.69. The monoisotopic (exact) mass is 163 g/mol. The highest BCUT2D eigenvalue weighted by Gasteiger charge is 2.15. The standard InChI is InChI=1S/C6H13NS2/c8-7(9)6-4-2-1-3-5-6/h6,8-9H,1-5H2. The third-order valence-corrected chi connectivity index (χ3v) is 2.55. The topological polar surface area (TPSA) is 3.24 Å². The number of nitrogens with zero attached hydrogens (tertiary/aromatic N) is 1. The van der Waals surface area contributed by atoms with E-state index in [1.807, 2.05) is 0 Å². The Bertz CT molecular complexity index is 79.1. The average molecular weight is 163 g/mol. The molecule has 0 unspecified atom stereocenters. The van der Waals surface area contributed by atoms with Gasteiger partial charge >= 0.3 is 0 Å². The van der Waals surface area contributed by atoms with E-state index in [0.29, 0.717) is 6.04 Å². The van der Waals surface area contributed by atoms with E-state index in [2.05, 4.69) is 25.6 Å². The highest BCUT2D eigenvalue weighted by Crippen LogP contribution is 2.24. The first-order valence-corrected chi connectivity index (χ1v) is 4.27. The van der Waals surface area contributed by atoms with Gasteiger partial charge in [-0.1, -0.05) is 44.9 Å². The Morgan fingerprint density at radius 1 is 1.00 bits per heavy atom. The summed E-state index contributed by atoms with van der Waals surface area (Å²) >= 11 is 8.28. The number of hydrogen-bond donors (Lipinski definition) is 2. The van der Waals surface area contributed by atoms with Crippen LogP contribution in [0, 0.1) is 0 Å². The summed E-state index contributed by atoms with van der Waals surface area (Å²) in [6.07, 6.45) is 6.64. The largest absolute Gasteiger partial charge is 0.197 e. The Kier molecular flexibility index (Phi) is 3.22. The van der Waals surface area contributed by atoms with Gasteiger partial charge in [0.25, 0.3) is 0 Å². The minimum atomic E-state index is 0.616. The van der Waals surface area contributed by atoms with Crippen LogP contribution < -0.4 is 0 Å². The summed E-state index contributed by atoms with van der Waals surface area (Å²) in [5, 5.41) is 0. The van der Waals surface area contributed by atoms with Crippen molar-refractivity contribution in [1.82, 2.24) is 3.71 Å². The molecule has 1 nitrogen and oxygen atoms in total. The summed E-state index contributed by atoms with van der Waals surface area (Å²) in [5.74, 6) is 0. The van der Waals surface area contributed by atoms with Crippen LogP contribution in [0.4, 0.5) is 0 Å². The van der Waals surface area contributed by atoms with Crippen molar-refractivity contribution in [2.75, 3.05) is 0 Å². The minimum absolute atomic E-state index is 0.616. The quantitative estimate of drug-likeness (QED) is 0.561. The van der Waals surface area contributed by atoms with Crippen LogP contribution in [0.15, 0.2) is 0 Å². The molecule has 0 bridgehead atoms. The van der Waals surface area contributed by atoms with Crippen molar-refractivity contribution >= 4 is 25.6 Å². The van der Waals surface area contributed by atoms with E-state index < -0.39 is 0 Å². The summed E-state index contributed by atoms with van der Waals surface area (Å²) in [5.41, 5.74) is 0. The van der Waals surface area contributed by atoms with Crippen molar-refractivity contribution in [3.05, 3.63) is 0 Å². The molecule has 0 amide bonds. The fraction of sp³-hybridized carbons (Fsp3) is 1.00. The molecule has 0 spiro atoms. The van der Waals surface area contributed by atoms with Gasteiger partial charge in [0.15, 0.2) is 0 Å². The second kappa shape index (κ2) is 3.74. The van der Waals surface area contributed by atoms with Crippen LogP contribution in [0.2, 0.25) is 0 Å². The second-order valence-electron chi connectivity index (χ2n) is 2.61. The van der Waals surface area contributed by atoms with Gasteiger partial charge in [0.05, 0.1) is 0 Å². The predicted octanol–water partition coefficient (Wildman–Crippen LogP) is 2.31. The average Bonchev–Trinajstić information content (AvgIpc) is 1.90. The second-order valence-corrected chi connectivity index (χ2v) is 3.79. The van der Waals surface area contributed by atoms with Gasteiger partial charge in [-0.2, -0.15) is 3.71 Å². The molecule has 1 fully saturated rings. The van der Waals surface area contributed by atoms with E-state index in [9.17, 15) is 0 Å². The molecule has 0 atom stereocenters. The van der Waals surface area contributed by atoms with Crippen LogP contribution in [-0.4, -0.2) is 9.75 Å². The first kappa shape index (κ1) is 7.76. The Labute approximate surface area is 67.9 Å². The Balaban J connectivity index is 2.23. The maximum absolute atomic E-state index is 4.14. The van der Waals surface area contributed by atoms with Crippen molar-refractivity contribution in [2.45, 2.75) is 38.1 Å². The molecule has 54 valence electrons. The van der Waals surface area contributed by atoms with E-state index in [1.165, 1.54) is 32.1 Å². The molecule has 1 aliphatic carbocycles. The molecule has 1 rings (SSSR count). The Morgan fingerprint density at radius 3 is 1.89 bits per heavy atom. The summed E-state index contributed by atoms with van der Waals surface area (Å²) in [7, 11) is 0. The van der Waals surface area contributed by atoms with E-state index in [4.69, 9.17) is 0 Å². The van der Waals surface area contributed by atoms with Crippen molar-refractivity contribution in [2.24, 2.45) is 0 Å². The Morgan fingerprint density at radius 2 is 1.56 bits per heavy atom. The first-order chi connectivity index (χ1) is 4.30. The van der Waals surface area contributed by atoms with Gasteiger partial charge in [0.1, 0.15) is 0 Å². The molecular weight excluding hydrogens is 150 g/mol. The van der Waals surface area contributed by atoms with E-state index in [1.54, 1.807) is 3.71 Å². The van der Waals surface area contributed by atoms with E-state index in [-0.39, 0.29) is 0 Å². The lowest BCUT2D eigenvalue weighted by atomic mass is 9.96. The van der Waals surface area contributed by atoms with Crippen LogP contribution in [0.5, 0.6) is 0 Å². The molecule has 0 aromatic rings. The molecule has 1 aliphatic rings. The molecule has 0 aromatic heterocycles. The third-order valence-electron chi connectivity index (χ3n) is 1.90. The smallest absolute Gasteiger partial charge is 0.0310 e. The van der Waals surface area contributed by atoms with Crippen LogP contribution in [0.1, 0.15) is 32.1 Å².